The Kier molecular flexibility index (Phi) is 3.98. The molecule has 0 radical (unpaired) electrons. The van der Waals surface area contributed by atoms with Crippen LogP contribution in [-0.2, 0) is 14.3 Å². The van der Waals surface area contributed by atoms with Crippen molar-refractivity contribution < 1.29 is 23.9 Å². The lowest BCUT2D eigenvalue weighted by Gasteiger charge is -2.26. The molecule has 0 N–H and O–H groups in total. The lowest BCUT2D eigenvalue weighted by atomic mass is 9.99. The first kappa shape index (κ1) is 14.5. The highest BCUT2D eigenvalue weighted by Gasteiger charge is 2.48. The van der Waals surface area contributed by atoms with Crippen LogP contribution in [0.4, 0.5) is 9.59 Å². The van der Waals surface area contributed by atoms with Crippen LogP contribution < -0.4 is 0 Å². The molecule has 1 heterocycles. The van der Waals surface area contributed by atoms with Crippen LogP contribution in [0.5, 0.6) is 0 Å². The summed E-state index contributed by atoms with van der Waals surface area (Å²) in [6.45, 7) is 8.71. The van der Waals surface area contributed by atoms with E-state index in [1.807, 2.05) is 6.92 Å². The minimum absolute atomic E-state index is 0.170. The summed E-state index contributed by atoms with van der Waals surface area (Å²) in [4.78, 5) is 35.8. The van der Waals surface area contributed by atoms with E-state index in [1.165, 1.54) is 0 Å². The maximum Gasteiger partial charge on any atom is 0.427 e. The third kappa shape index (κ3) is 3.00. The number of esters is 1. The SMILES string of the molecule is CCC(C)[C@H]1C(=O)OC(=O)N1C(=O)OC(C)(C)C. The summed E-state index contributed by atoms with van der Waals surface area (Å²) in [5, 5.41) is 0. The third-order valence-corrected chi connectivity index (χ3v) is 2.68. The maximum absolute atomic E-state index is 11.9. The van der Waals surface area contributed by atoms with Gasteiger partial charge in [0.05, 0.1) is 0 Å². The molecule has 0 bridgehead atoms. The number of imide groups is 1. The van der Waals surface area contributed by atoms with Crippen LogP contribution in [0, 0.1) is 5.92 Å². The van der Waals surface area contributed by atoms with Gasteiger partial charge in [0, 0.05) is 0 Å². The van der Waals surface area contributed by atoms with Crippen molar-refractivity contribution in [1.82, 2.24) is 4.90 Å². The second-order valence-electron chi connectivity index (χ2n) is 5.37. The quantitative estimate of drug-likeness (QED) is 0.560. The number of hydrogen-bond donors (Lipinski definition) is 0. The van der Waals surface area contributed by atoms with Gasteiger partial charge in [-0.15, -0.1) is 0 Å². The van der Waals surface area contributed by atoms with E-state index in [1.54, 1.807) is 27.7 Å². The Morgan fingerprint density at radius 3 is 2.44 bits per heavy atom. The van der Waals surface area contributed by atoms with Crippen molar-refractivity contribution in [2.45, 2.75) is 52.7 Å². The number of hydrogen-bond acceptors (Lipinski definition) is 5. The lowest BCUT2D eigenvalue weighted by molar-refractivity contribution is -0.137. The van der Waals surface area contributed by atoms with E-state index >= 15 is 0 Å². The van der Waals surface area contributed by atoms with Gasteiger partial charge in [-0.1, -0.05) is 20.3 Å². The van der Waals surface area contributed by atoms with E-state index in [9.17, 15) is 14.4 Å². The number of carbonyl (C=O) groups is 3. The molecule has 1 rings (SSSR count). The molecule has 102 valence electrons. The zero-order chi connectivity index (χ0) is 14.1. The zero-order valence-corrected chi connectivity index (χ0v) is 11.4. The van der Waals surface area contributed by atoms with Gasteiger partial charge in [-0.25, -0.2) is 14.4 Å². The van der Waals surface area contributed by atoms with Crippen LogP contribution in [0.2, 0.25) is 0 Å². The lowest BCUT2D eigenvalue weighted by Crippen LogP contribution is -2.46. The molecule has 0 aromatic carbocycles. The standard InChI is InChI=1S/C12H19NO5/c1-6-7(2)8-9(14)17-10(15)13(8)11(16)18-12(3,4)5/h7-8H,6H2,1-5H3/t7?,8-/m0/s1. The Morgan fingerprint density at radius 1 is 1.44 bits per heavy atom. The molecule has 0 aromatic rings. The summed E-state index contributed by atoms with van der Waals surface area (Å²) in [5.41, 5.74) is -0.733. The molecule has 1 unspecified atom stereocenters. The summed E-state index contributed by atoms with van der Waals surface area (Å²) in [6, 6.07) is -0.891. The van der Waals surface area contributed by atoms with Gasteiger partial charge < -0.3 is 9.47 Å². The number of rotatable bonds is 2. The highest BCUT2D eigenvalue weighted by atomic mass is 16.6. The molecule has 1 fully saturated rings. The Morgan fingerprint density at radius 2 is 2.00 bits per heavy atom. The van der Waals surface area contributed by atoms with Crippen LogP contribution >= 0.6 is 0 Å². The summed E-state index contributed by atoms with van der Waals surface area (Å²) >= 11 is 0. The average Bonchev–Trinajstić information content (AvgIpc) is 2.49. The van der Waals surface area contributed by atoms with Crippen LogP contribution in [0.3, 0.4) is 0 Å². The molecule has 6 nitrogen and oxygen atoms in total. The molecular weight excluding hydrogens is 238 g/mol. The fourth-order valence-corrected chi connectivity index (χ4v) is 1.62. The molecule has 6 heteroatoms. The number of ether oxygens (including phenoxy) is 2. The first-order valence-electron chi connectivity index (χ1n) is 5.95. The molecule has 0 aliphatic carbocycles. The molecule has 0 saturated carbocycles. The minimum atomic E-state index is -0.959. The van der Waals surface area contributed by atoms with Crippen molar-refractivity contribution in [2.75, 3.05) is 0 Å². The van der Waals surface area contributed by atoms with Gasteiger partial charge in [-0.3, -0.25) is 0 Å². The molecular formula is C12H19NO5. The molecule has 0 aromatic heterocycles. The van der Waals surface area contributed by atoms with Gasteiger partial charge in [0.2, 0.25) is 0 Å². The van der Waals surface area contributed by atoms with E-state index in [4.69, 9.17) is 4.74 Å². The Hall–Kier alpha value is -1.59. The number of nitrogens with zero attached hydrogens (tertiary/aromatic N) is 1. The van der Waals surface area contributed by atoms with E-state index in [0.717, 1.165) is 4.90 Å². The minimum Gasteiger partial charge on any atom is -0.443 e. The molecule has 0 spiro atoms. The largest absolute Gasteiger partial charge is 0.443 e. The molecule has 18 heavy (non-hydrogen) atoms. The van der Waals surface area contributed by atoms with Gasteiger partial charge in [-0.05, 0) is 26.7 Å². The normalized spacial score (nSPS) is 21.8. The van der Waals surface area contributed by atoms with Crippen LogP contribution in [0.1, 0.15) is 41.0 Å². The van der Waals surface area contributed by atoms with Gasteiger partial charge in [0.15, 0.2) is 0 Å². The number of carbonyl (C=O) groups excluding carboxylic acids is 3. The number of amides is 2. The van der Waals surface area contributed by atoms with Crippen molar-refractivity contribution in [2.24, 2.45) is 5.92 Å². The second-order valence-corrected chi connectivity index (χ2v) is 5.37. The first-order chi connectivity index (χ1) is 8.17. The van der Waals surface area contributed by atoms with Crippen molar-refractivity contribution in [3.05, 3.63) is 0 Å². The summed E-state index contributed by atoms with van der Waals surface area (Å²) in [5.74, 6) is -0.864. The van der Waals surface area contributed by atoms with E-state index in [2.05, 4.69) is 4.74 Å². The maximum atomic E-state index is 11.9. The summed E-state index contributed by atoms with van der Waals surface area (Å²) < 4.78 is 9.59. The summed E-state index contributed by atoms with van der Waals surface area (Å²) in [6.07, 6.45) is -1.16. The average molecular weight is 257 g/mol. The van der Waals surface area contributed by atoms with Gasteiger partial charge in [-0.2, -0.15) is 4.90 Å². The smallest absolute Gasteiger partial charge is 0.427 e. The number of cyclic esters (lactones) is 2. The van der Waals surface area contributed by atoms with Gasteiger partial charge >= 0.3 is 18.2 Å². The Labute approximate surface area is 106 Å². The van der Waals surface area contributed by atoms with Crippen LogP contribution in [0.25, 0.3) is 0 Å². The van der Waals surface area contributed by atoms with Crippen molar-refractivity contribution >= 4 is 18.2 Å². The zero-order valence-electron chi connectivity index (χ0n) is 11.4. The predicted octanol–water partition coefficient (Wildman–Crippen LogP) is 2.32. The van der Waals surface area contributed by atoms with Gasteiger partial charge in [0.25, 0.3) is 0 Å². The second kappa shape index (κ2) is 4.96. The Bertz CT molecular complexity index is 371. The van der Waals surface area contributed by atoms with Crippen molar-refractivity contribution in [1.29, 1.82) is 0 Å². The van der Waals surface area contributed by atoms with E-state index < -0.39 is 29.8 Å². The van der Waals surface area contributed by atoms with Crippen molar-refractivity contribution in [3.8, 4) is 0 Å². The monoisotopic (exact) mass is 257 g/mol. The summed E-state index contributed by atoms with van der Waals surface area (Å²) in [7, 11) is 0. The Balaban J connectivity index is 2.93. The topological polar surface area (TPSA) is 72.9 Å². The molecule has 1 aliphatic heterocycles. The molecule has 1 saturated heterocycles. The van der Waals surface area contributed by atoms with E-state index in [-0.39, 0.29) is 5.92 Å². The van der Waals surface area contributed by atoms with Crippen LogP contribution in [0.15, 0.2) is 0 Å². The molecule has 1 aliphatic rings. The fraction of sp³-hybridized carbons (Fsp3) is 0.750. The molecule has 2 atom stereocenters. The van der Waals surface area contributed by atoms with Crippen LogP contribution in [-0.4, -0.2) is 34.7 Å². The highest BCUT2D eigenvalue weighted by Crippen LogP contribution is 2.25. The highest BCUT2D eigenvalue weighted by molar-refractivity contribution is 6.04. The third-order valence-electron chi connectivity index (χ3n) is 2.68. The molecule has 2 amide bonds. The first-order valence-corrected chi connectivity index (χ1v) is 5.95. The van der Waals surface area contributed by atoms with Gasteiger partial charge in [0.1, 0.15) is 11.6 Å². The van der Waals surface area contributed by atoms with Crippen molar-refractivity contribution in [3.63, 3.8) is 0 Å². The fourth-order valence-electron chi connectivity index (χ4n) is 1.62. The predicted molar refractivity (Wildman–Crippen MR) is 62.8 cm³/mol. The van der Waals surface area contributed by atoms with E-state index in [0.29, 0.717) is 6.42 Å².